The number of aromatic nitrogens is 3. The third-order valence-electron chi connectivity index (χ3n) is 11.4. The van der Waals surface area contributed by atoms with Crippen molar-refractivity contribution in [2.75, 3.05) is 4.90 Å². The van der Waals surface area contributed by atoms with E-state index in [0.29, 0.717) is 0 Å². The van der Waals surface area contributed by atoms with Gasteiger partial charge in [-0.15, -0.1) is 0 Å². The maximum atomic E-state index is 2.46. The molecule has 0 aliphatic carbocycles. The van der Waals surface area contributed by atoms with E-state index in [9.17, 15) is 0 Å². The maximum Gasteiger partial charge on any atom is 0.0788 e. The number of rotatable bonds is 6. The van der Waals surface area contributed by atoms with Gasteiger partial charge in [0.15, 0.2) is 0 Å². The summed E-state index contributed by atoms with van der Waals surface area (Å²) >= 11 is 0. The van der Waals surface area contributed by atoms with Gasteiger partial charge in [-0.3, -0.25) is 0 Å². The lowest BCUT2D eigenvalue weighted by Gasteiger charge is -2.26. The lowest BCUT2D eigenvalue weighted by molar-refractivity contribution is 1.11. The topological polar surface area (TPSA) is 18.0 Å². The number of benzene rings is 8. The summed E-state index contributed by atoms with van der Waals surface area (Å²) in [5, 5.41) is 6.14. The Morgan fingerprint density at radius 1 is 0.357 bits per heavy atom. The van der Waals surface area contributed by atoms with Crippen molar-refractivity contribution in [1.82, 2.24) is 13.7 Å². The molecule has 4 heteroatoms. The van der Waals surface area contributed by atoms with E-state index < -0.39 is 0 Å². The number of anilines is 3. The van der Waals surface area contributed by atoms with Gasteiger partial charge in [0.2, 0.25) is 0 Å². The van der Waals surface area contributed by atoms with Gasteiger partial charge < -0.3 is 18.6 Å². The molecule has 0 N–H and O–H groups in total. The molecule has 3 heterocycles. The van der Waals surface area contributed by atoms with Crippen LogP contribution in [0.5, 0.6) is 0 Å². The number of aryl methyl sites for hydroxylation is 2. The highest BCUT2D eigenvalue weighted by Crippen LogP contribution is 2.42. The predicted molar refractivity (Wildman–Crippen MR) is 236 cm³/mol. The average Bonchev–Trinajstić information content (AvgIpc) is 3.93. The van der Waals surface area contributed by atoms with Crippen molar-refractivity contribution in [2.24, 2.45) is 0 Å². The van der Waals surface area contributed by atoms with Crippen molar-refractivity contribution in [2.45, 2.75) is 13.8 Å². The van der Waals surface area contributed by atoms with Gasteiger partial charge in [0.1, 0.15) is 0 Å². The molecule has 11 aromatic rings. The van der Waals surface area contributed by atoms with Crippen molar-refractivity contribution in [3.05, 3.63) is 205 Å². The van der Waals surface area contributed by atoms with E-state index in [1.165, 1.54) is 65.6 Å². The lowest BCUT2D eigenvalue weighted by Crippen LogP contribution is -2.10. The van der Waals surface area contributed by atoms with Crippen LogP contribution in [0.25, 0.3) is 71.6 Å². The first kappa shape index (κ1) is 32.2. The van der Waals surface area contributed by atoms with Crippen LogP contribution in [-0.4, -0.2) is 13.7 Å². The van der Waals surface area contributed by atoms with Crippen molar-refractivity contribution < 1.29 is 0 Å². The number of nitrogens with zero attached hydrogens (tertiary/aromatic N) is 4. The Balaban J connectivity index is 1.15. The Hall–Kier alpha value is -7.30. The zero-order valence-corrected chi connectivity index (χ0v) is 31.3. The first-order valence-electron chi connectivity index (χ1n) is 19.3. The molecule has 0 saturated carbocycles. The van der Waals surface area contributed by atoms with Crippen LogP contribution in [-0.2, 0) is 0 Å². The molecule has 4 nitrogen and oxygen atoms in total. The summed E-state index contributed by atoms with van der Waals surface area (Å²) in [7, 11) is 0. The Kier molecular flexibility index (Phi) is 7.26. The Morgan fingerprint density at radius 3 is 1.73 bits per heavy atom. The van der Waals surface area contributed by atoms with Gasteiger partial charge in [-0.2, -0.15) is 0 Å². The molecule has 0 bridgehead atoms. The van der Waals surface area contributed by atoms with E-state index in [1.54, 1.807) is 0 Å². The van der Waals surface area contributed by atoms with Crippen LogP contribution in [0.1, 0.15) is 11.1 Å². The van der Waals surface area contributed by atoms with Gasteiger partial charge in [0.05, 0.1) is 27.6 Å². The highest BCUT2D eigenvalue weighted by atomic mass is 15.1. The second-order valence-corrected chi connectivity index (χ2v) is 14.9. The maximum absolute atomic E-state index is 2.46. The second-order valence-electron chi connectivity index (χ2n) is 14.9. The van der Waals surface area contributed by atoms with Crippen LogP contribution in [0, 0.1) is 13.8 Å². The third kappa shape index (κ3) is 5.00. The van der Waals surface area contributed by atoms with Crippen molar-refractivity contribution in [3.63, 3.8) is 0 Å². The molecular weight excluding hydrogens is 681 g/mol. The van der Waals surface area contributed by atoms with E-state index in [1.807, 2.05) is 0 Å². The molecule has 8 aromatic carbocycles. The molecule has 56 heavy (non-hydrogen) atoms. The molecule has 0 radical (unpaired) electrons. The highest BCUT2D eigenvalue weighted by Gasteiger charge is 2.21. The number of hydrogen-bond donors (Lipinski definition) is 0. The fourth-order valence-electron chi connectivity index (χ4n) is 8.73. The number of hydrogen-bond acceptors (Lipinski definition) is 1. The summed E-state index contributed by atoms with van der Waals surface area (Å²) in [6, 6.07) is 68.6. The molecule has 0 aliphatic heterocycles. The van der Waals surface area contributed by atoms with E-state index in [0.717, 1.165) is 34.1 Å². The largest absolute Gasteiger partial charge is 0.315 e. The predicted octanol–water partition coefficient (Wildman–Crippen LogP) is 13.9. The zero-order chi connectivity index (χ0) is 37.3. The van der Waals surface area contributed by atoms with Gasteiger partial charge in [-0.05, 0) is 105 Å². The summed E-state index contributed by atoms with van der Waals surface area (Å²) in [5.74, 6) is 0. The third-order valence-corrected chi connectivity index (χ3v) is 11.4. The van der Waals surface area contributed by atoms with Crippen molar-refractivity contribution >= 4 is 71.6 Å². The van der Waals surface area contributed by atoms with E-state index in [4.69, 9.17) is 0 Å². The first-order chi connectivity index (χ1) is 27.6. The van der Waals surface area contributed by atoms with Crippen LogP contribution in [0.15, 0.2) is 194 Å². The first-order valence-corrected chi connectivity index (χ1v) is 19.3. The van der Waals surface area contributed by atoms with E-state index in [-0.39, 0.29) is 0 Å². The molecule has 0 spiro atoms. The Bertz CT molecular complexity index is 3250. The van der Waals surface area contributed by atoms with Crippen LogP contribution >= 0.6 is 0 Å². The molecule has 3 aromatic heterocycles. The quantitative estimate of drug-likeness (QED) is 0.167. The number of para-hydroxylation sites is 3. The highest BCUT2D eigenvalue weighted by molar-refractivity contribution is 6.18. The smallest absolute Gasteiger partial charge is 0.0788 e. The van der Waals surface area contributed by atoms with Gasteiger partial charge in [0, 0.05) is 67.3 Å². The van der Waals surface area contributed by atoms with Gasteiger partial charge in [-0.1, -0.05) is 108 Å². The van der Waals surface area contributed by atoms with Crippen LogP contribution < -0.4 is 4.90 Å². The summed E-state index contributed by atoms with van der Waals surface area (Å²) in [4.78, 5) is 2.40. The molecule has 0 fully saturated rings. The second kappa shape index (κ2) is 12.6. The van der Waals surface area contributed by atoms with E-state index in [2.05, 4.69) is 227 Å². The summed E-state index contributed by atoms with van der Waals surface area (Å²) in [6.45, 7) is 4.29. The Labute approximate surface area is 325 Å². The normalized spacial score (nSPS) is 11.8. The minimum Gasteiger partial charge on any atom is -0.315 e. The SMILES string of the molecule is Cc1ccc(N(c2cccc(-n3c4ccccc4c4ccc5ccn(-c6ccccc6)c5c43)c2)c2ccc3c(c2)c2ccccc2n3-c2ccc(C)cc2)cc1. The molecule has 0 atom stereocenters. The fourth-order valence-corrected chi connectivity index (χ4v) is 8.73. The molecule has 0 aliphatic rings. The summed E-state index contributed by atoms with van der Waals surface area (Å²) < 4.78 is 7.18. The molecule has 0 amide bonds. The molecule has 0 saturated heterocycles. The van der Waals surface area contributed by atoms with Crippen LogP contribution in [0.2, 0.25) is 0 Å². The monoisotopic (exact) mass is 718 g/mol. The average molecular weight is 719 g/mol. The minimum atomic E-state index is 1.09. The van der Waals surface area contributed by atoms with Gasteiger partial charge >= 0.3 is 0 Å². The van der Waals surface area contributed by atoms with Crippen LogP contribution in [0.3, 0.4) is 0 Å². The molecule has 11 rings (SSSR count). The molecule has 0 unspecified atom stereocenters. The number of fused-ring (bicyclic) bond motifs is 8. The van der Waals surface area contributed by atoms with Gasteiger partial charge in [0.25, 0.3) is 0 Å². The Morgan fingerprint density at radius 2 is 0.964 bits per heavy atom. The van der Waals surface area contributed by atoms with Gasteiger partial charge in [-0.25, -0.2) is 0 Å². The molecule has 266 valence electrons. The zero-order valence-electron chi connectivity index (χ0n) is 31.3. The summed E-state index contributed by atoms with van der Waals surface area (Å²) in [6.07, 6.45) is 2.20. The van der Waals surface area contributed by atoms with Crippen molar-refractivity contribution in [1.29, 1.82) is 0 Å². The minimum absolute atomic E-state index is 1.09. The standard InChI is InChI=1S/C52H38N4/c1-35-19-24-39(25-20-35)54(43-28-30-50-47(34-43)45-16-7-8-17-48(45)55(50)40-26-21-36(2)22-27-40)41-13-10-14-42(33-41)56-49-18-9-6-15-44(49)46-29-23-37-31-32-53(51(37)52(46)56)38-11-4-3-5-12-38/h3-34H,1-2H3. The van der Waals surface area contributed by atoms with E-state index >= 15 is 0 Å². The lowest BCUT2D eigenvalue weighted by atomic mass is 10.1. The fraction of sp³-hybridized carbons (Fsp3) is 0.0385. The van der Waals surface area contributed by atoms with Crippen molar-refractivity contribution in [3.8, 4) is 17.1 Å². The van der Waals surface area contributed by atoms with Crippen LogP contribution in [0.4, 0.5) is 17.1 Å². The molecular formula is C52H38N4. The summed E-state index contributed by atoms with van der Waals surface area (Å²) in [5.41, 5.74) is 15.2.